The number of hydrogen-bond donors (Lipinski definition) is 0. The first kappa shape index (κ1) is 18.1. The monoisotopic (exact) mass is 376 g/mol. The van der Waals surface area contributed by atoms with E-state index >= 15 is 0 Å². The summed E-state index contributed by atoms with van der Waals surface area (Å²) in [4.78, 5) is 4.23. The van der Waals surface area contributed by atoms with Crippen LogP contribution in [0.3, 0.4) is 0 Å². The molecule has 25 heavy (non-hydrogen) atoms. The Morgan fingerprint density at radius 3 is 2.40 bits per heavy atom. The number of fused-ring (bicyclic) bond motifs is 1. The van der Waals surface area contributed by atoms with Crippen LogP contribution < -0.4 is 0 Å². The third-order valence-corrected chi connectivity index (χ3v) is 5.80. The zero-order chi connectivity index (χ0) is 18.4. The Labute approximate surface area is 143 Å². The molecule has 1 aliphatic rings. The van der Waals surface area contributed by atoms with Gasteiger partial charge < -0.3 is 0 Å². The Morgan fingerprint density at radius 2 is 1.88 bits per heavy atom. The van der Waals surface area contributed by atoms with Gasteiger partial charge in [-0.05, 0) is 25.3 Å². The zero-order valence-electron chi connectivity index (χ0n) is 13.9. The predicted molar refractivity (Wildman–Crippen MR) is 85.8 cm³/mol. The van der Waals surface area contributed by atoms with Gasteiger partial charge >= 0.3 is 6.18 Å². The highest BCUT2D eigenvalue weighted by Gasteiger charge is 2.36. The molecule has 2 aromatic rings. The number of aromatic nitrogens is 3. The van der Waals surface area contributed by atoms with Gasteiger partial charge in [0.25, 0.3) is 0 Å². The van der Waals surface area contributed by atoms with E-state index in [1.165, 1.54) is 4.31 Å². The van der Waals surface area contributed by atoms with Crippen LogP contribution in [0.4, 0.5) is 13.2 Å². The summed E-state index contributed by atoms with van der Waals surface area (Å²) in [5, 5.41) is 4.13. The molecule has 3 heterocycles. The lowest BCUT2D eigenvalue weighted by molar-refractivity contribution is -0.142. The molecule has 0 radical (unpaired) electrons. The molecule has 1 aliphatic heterocycles. The van der Waals surface area contributed by atoms with Gasteiger partial charge in [0.05, 0.1) is 11.9 Å². The summed E-state index contributed by atoms with van der Waals surface area (Å²) in [7, 11) is -3.24. The largest absolute Gasteiger partial charge is 0.433 e. The second-order valence-corrected chi connectivity index (χ2v) is 8.24. The summed E-state index contributed by atoms with van der Waals surface area (Å²) in [5.41, 5.74) is 0.221. The van der Waals surface area contributed by atoms with E-state index in [9.17, 15) is 21.6 Å². The van der Waals surface area contributed by atoms with E-state index in [0.717, 1.165) is 16.8 Å². The van der Waals surface area contributed by atoms with Crippen LogP contribution in [-0.4, -0.2) is 46.7 Å². The summed E-state index contributed by atoms with van der Waals surface area (Å²) in [6, 6.07) is 2.60. The van der Waals surface area contributed by atoms with Crippen LogP contribution in [0.1, 0.15) is 42.8 Å². The maximum Gasteiger partial charge on any atom is 0.433 e. The Bertz CT molecular complexity index is 884. The Kier molecular flexibility index (Phi) is 4.52. The molecule has 10 heteroatoms. The predicted octanol–water partition coefficient (Wildman–Crippen LogP) is 2.45. The van der Waals surface area contributed by atoms with Crippen molar-refractivity contribution in [3.8, 4) is 0 Å². The van der Waals surface area contributed by atoms with E-state index in [1.54, 1.807) is 13.0 Å². The number of nitrogens with zero attached hydrogens (tertiary/aromatic N) is 4. The van der Waals surface area contributed by atoms with E-state index in [-0.39, 0.29) is 11.6 Å². The van der Waals surface area contributed by atoms with Gasteiger partial charge in [0.15, 0.2) is 5.65 Å². The molecule has 0 amide bonds. The van der Waals surface area contributed by atoms with Gasteiger partial charge in [0.2, 0.25) is 10.0 Å². The van der Waals surface area contributed by atoms with Crippen LogP contribution in [0, 0.1) is 0 Å². The molecule has 0 unspecified atom stereocenters. The molecule has 0 spiro atoms. The second kappa shape index (κ2) is 6.24. The highest BCUT2D eigenvalue weighted by atomic mass is 32.2. The first-order chi connectivity index (χ1) is 11.6. The van der Waals surface area contributed by atoms with Crippen molar-refractivity contribution >= 4 is 15.7 Å². The maximum atomic E-state index is 13.3. The number of alkyl halides is 3. The van der Waals surface area contributed by atoms with Gasteiger partial charge in [-0.3, -0.25) is 0 Å². The van der Waals surface area contributed by atoms with Crippen LogP contribution >= 0.6 is 0 Å². The minimum absolute atomic E-state index is 0.0779. The Hall–Kier alpha value is -1.68. The summed E-state index contributed by atoms with van der Waals surface area (Å²) in [6.07, 6.45) is -1.91. The van der Waals surface area contributed by atoms with Gasteiger partial charge in [0.1, 0.15) is 5.69 Å². The molecular weight excluding hydrogens is 357 g/mol. The fourth-order valence-electron chi connectivity index (χ4n) is 3.11. The van der Waals surface area contributed by atoms with Crippen molar-refractivity contribution in [2.24, 2.45) is 0 Å². The highest BCUT2D eigenvalue weighted by Crippen LogP contribution is 2.33. The molecule has 0 aromatic carbocycles. The van der Waals surface area contributed by atoms with Gasteiger partial charge in [-0.1, -0.05) is 6.92 Å². The fraction of sp³-hybridized carbons (Fsp3) is 0.600. The number of rotatable bonds is 3. The molecule has 0 saturated carbocycles. The second-order valence-electron chi connectivity index (χ2n) is 6.26. The van der Waals surface area contributed by atoms with Crippen LogP contribution in [0.25, 0.3) is 5.65 Å². The summed E-state index contributed by atoms with van der Waals surface area (Å²) >= 11 is 0. The number of halogens is 3. The lowest BCUT2D eigenvalue weighted by atomic mass is 9.95. The minimum Gasteiger partial charge on any atom is -0.234 e. The SMILES string of the molecule is CCc1cc(C(F)(F)F)n2nc(C3CCN(S(C)(=O)=O)CC3)cc2n1. The van der Waals surface area contributed by atoms with Gasteiger partial charge in [-0.25, -0.2) is 22.2 Å². The maximum absolute atomic E-state index is 13.3. The van der Waals surface area contributed by atoms with Gasteiger partial charge in [-0.2, -0.15) is 18.3 Å². The third-order valence-electron chi connectivity index (χ3n) is 4.49. The zero-order valence-corrected chi connectivity index (χ0v) is 14.7. The molecule has 0 bridgehead atoms. The Balaban J connectivity index is 1.94. The number of piperidine rings is 1. The molecule has 138 valence electrons. The minimum atomic E-state index is -4.52. The smallest absolute Gasteiger partial charge is 0.234 e. The quantitative estimate of drug-likeness (QED) is 0.825. The van der Waals surface area contributed by atoms with Crippen molar-refractivity contribution in [2.45, 2.75) is 38.3 Å². The van der Waals surface area contributed by atoms with Crippen LogP contribution in [0.2, 0.25) is 0 Å². The standard InChI is InChI=1S/C15H19F3N4O2S/c1-3-11-8-13(15(16,17)18)22-14(19-11)9-12(20-22)10-4-6-21(7-5-10)25(2,23)24/h8-10H,3-7H2,1-2H3. The van der Waals surface area contributed by atoms with E-state index in [0.29, 0.717) is 43.7 Å². The average Bonchev–Trinajstić information content (AvgIpc) is 2.96. The molecule has 3 rings (SSSR count). The number of sulfonamides is 1. The topological polar surface area (TPSA) is 67.6 Å². The fourth-order valence-corrected chi connectivity index (χ4v) is 3.98. The van der Waals surface area contributed by atoms with Gasteiger partial charge in [-0.15, -0.1) is 0 Å². The summed E-state index contributed by atoms with van der Waals surface area (Å²) in [5.74, 6) is -0.0779. The lowest BCUT2D eigenvalue weighted by Crippen LogP contribution is -2.37. The molecule has 2 aromatic heterocycles. The normalized spacial score (nSPS) is 18.1. The Morgan fingerprint density at radius 1 is 1.24 bits per heavy atom. The van der Waals surface area contributed by atoms with E-state index in [1.807, 2.05) is 0 Å². The third kappa shape index (κ3) is 3.64. The average molecular weight is 376 g/mol. The van der Waals surface area contributed by atoms with E-state index < -0.39 is 21.9 Å². The van der Waals surface area contributed by atoms with Crippen molar-refractivity contribution in [2.75, 3.05) is 19.3 Å². The van der Waals surface area contributed by atoms with Crippen LogP contribution in [0.15, 0.2) is 12.1 Å². The van der Waals surface area contributed by atoms with Gasteiger partial charge in [0, 0.05) is 30.8 Å². The van der Waals surface area contributed by atoms with Crippen molar-refractivity contribution in [3.63, 3.8) is 0 Å². The van der Waals surface area contributed by atoms with Crippen LogP contribution in [-0.2, 0) is 22.6 Å². The molecule has 6 nitrogen and oxygen atoms in total. The first-order valence-electron chi connectivity index (χ1n) is 8.01. The summed E-state index contributed by atoms with van der Waals surface area (Å²) < 4.78 is 65.3. The molecule has 1 fully saturated rings. The van der Waals surface area contributed by atoms with E-state index in [4.69, 9.17) is 0 Å². The lowest BCUT2D eigenvalue weighted by Gasteiger charge is -2.29. The summed E-state index contributed by atoms with van der Waals surface area (Å²) in [6.45, 7) is 2.44. The molecular formula is C15H19F3N4O2S. The van der Waals surface area contributed by atoms with Crippen LogP contribution in [0.5, 0.6) is 0 Å². The molecule has 0 N–H and O–H groups in total. The number of hydrogen-bond acceptors (Lipinski definition) is 4. The van der Waals surface area contributed by atoms with Crippen molar-refractivity contribution in [1.29, 1.82) is 0 Å². The molecule has 1 saturated heterocycles. The highest BCUT2D eigenvalue weighted by molar-refractivity contribution is 7.88. The molecule has 0 aliphatic carbocycles. The number of aryl methyl sites for hydroxylation is 1. The first-order valence-corrected chi connectivity index (χ1v) is 9.86. The van der Waals surface area contributed by atoms with Crippen molar-refractivity contribution in [3.05, 3.63) is 29.2 Å². The van der Waals surface area contributed by atoms with Crippen molar-refractivity contribution in [1.82, 2.24) is 18.9 Å². The van der Waals surface area contributed by atoms with Crippen molar-refractivity contribution < 1.29 is 21.6 Å². The molecule has 0 atom stereocenters. The van der Waals surface area contributed by atoms with E-state index in [2.05, 4.69) is 10.1 Å².